The lowest BCUT2D eigenvalue weighted by Gasteiger charge is -2.19. The maximum absolute atomic E-state index is 12.4. The molecule has 1 rings (SSSR count). The van der Waals surface area contributed by atoms with Crippen molar-refractivity contribution >= 4 is 11.9 Å². The summed E-state index contributed by atoms with van der Waals surface area (Å²) < 4.78 is 17.7. The van der Waals surface area contributed by atoms with E-state index in [1.807, 2.05) is 0 Å². The second-order valence-electron chi connectivity index (χ2n) is 15.5. The Kier molecular flexibility index (Phi) is 35.3. The van der Waals surface area contributed by atoms with Crippen molar-refractivity contribution in [2.75, 3.05) is 26.4 Å². The van der Waals surface area contributed by atoms with Crippen LogP contribution in [0.1, 0.15) is 232 Å². The Hall–Kier alpha value is -1.14. The summed E-state index contributed by atoms with van der Waals surface area (Å²) in [6, 6.07) is -0.519. The number of amides is 1. The first kappa shape index (κ1) is 46.9. The van der Waals surface area contributed by atoms with E-state index in [0.29, 0.717) is 26.1 Å². The highest BCUT2D eigenvalue weighted by Gasteiger charge is 2.29. The molecule has 1 aliphatic rings. The number of carbonyl (C=O) groups is 2. The Balaban J connectivity index is 2.04. The molecule has 1 amide bonds. The Labute approximate surface area is 311 Å². The molecule has 1 N–H and O–H groups in total. The summed E-state index contributed by atoms with van der Waals surface area (Å²) in [5.74, 6) is -0.435. The fourth-order valence-electron chi connectivity index (χ4n) is 7.08. The molecular formula is C44H85NO5. The van der Waals surface area contributed by atoms with Gasteiger partial charge in [0, 0.05) is 19.6 Å². The first-order valence-corrected chi connectivity index (χ1v) is 22.3. The van der Waals surface area contributed by atoms with Crippen LogP contribution in [0.5, 0.6) is 0 Å². The molecule has 2 atom stereocenters. The van der Waals surface area contributed by atoms with E-state index in [1.54, 1.807) is 0 Å². The molecular weight excluding hydrogens is 622 g/mol. The van der Waals surface area contributed by atoms with E-state index >= 15 is 0 Å². The molecule has 0 saturated carbocycles. The van der Waals surface area contributed by atoms with Crippen molar-refractivity contribution in [3.63, 3.8) is 0 Å². The summed E-state index contributed by atoms with van der Waals surface area (Å²) in [6.45, 7) is 6.60. The van der Waals surface area contributed by atoms with Gasteiger partial charge in [-0.05, 0) is 19.3 Å². The van der Waals surface area contributed by atoms with Crippen LogP contribution >= 0.6 is 0 Å². The standard InChI is InChI=1S/C44H85NO5/c1-3-5-7-9-11-13-15-17-19-21-23-25-27-29-31-33-37-48-39-41(40-50-44(47)42-35-36-43(46)45-42)49-38-34-32-30-28-26-24-22-20-18-16-14-12-10-8-6-4-2/h41-42H,3-40H2,1-2H3,(H,45,46)/t41?,42-/m0/s1. The fraction of sp³-hybridized carbons (Fsp3) is 0.955. The largest absolute Gasteiger partial charge is 0.461 e. The minimum atomic E-state index is -0.519. The Morgan fingerprint density at radius 3 is 1.26 bits per heavy atom. The molecule has 0 bridgehead atoms. The molecule has 6 heteroatoms. The van der Waals surface area contributed by atoms with E-state index < -0.39 is 6.04 Å². The molecule has 0 radical (unpaired) electrons. The van der Waals surface area contributed by atoms with Crippen molar-refractivity contribution in [1.82, 2.24) is 5.32 Å². The molecule has 1 saturated heterocycles. The Morgan fingerprint density at radius 2 is 0.900 bits per heavy atom. The number of ether oxygens (including phenoxy) is 3. The minimum Gasteiger partial charge on any atom is -0.461 e. The van der Waals surface area contributed by atoms with Gasteiger partial charge in [0.2, 0.25) is 5.91 Å². The van der Waals surface area contributed by atoms with Gasteiger partial charge in [-0.25, -0.2) is 4.79 Å². The van der Waals surface area contributed by atoms with Gasteiger partial charge in [-0.15, -0.1) is 0 Å². The summed E-state index contributed by atoms with van der Waals surface area (Å²) >= 11 is 0. The third kappa shape index (κ3) is 31.6. The lowest BCUT2D eigenvalue weighted by molar-refractivity contribution is -0.152. The van der Waals surface area contributed by atoms with E-state index in [0.717, 1.165) is 19.4 Å². The fourth-order valence-corrected chi connectivity index (χ4v) is 7.08. The van der Waals surface area contributed by atoms with Gasteiger partial charge in [-0.1, -0.05) is 206 Å². The zero-order valence-electron chi connectivity index (χ0n) is 33.6. The maximum atomic E-state index is 12.4. The molecule has 1 heterocycles. The van der Waals surface area contributed by atoms with Gasteiger partial charge >= 0.3 is 5.97 Å². The first-order chi connectivity index (χ1) is 24.7. The SMILES string of the molecule is CCCCCCCCCCCCCCCCCCOCC(COC(=O)[C@@H]1CCC(=O)N1)OCCCCCCCCCCCCCCCCCC. The van der Waals surface area contributed by atoms with Crippen molar-refractivity contribution < 1.29 is 23.8 Å². The van der Waals surface area contributed by atoms with Gasteiger partial charge in [-0.3, -0.25) is 4.79 Å². The zero-order chi connectivity index (χ0) is 36.0. The highest BCUT2D eigenvalue weighted by atomic mass is 16.6. The lowest BCUT2D eigenvalue weighted by atomic mass is 10.0. The predicted molar refractivity (Wildman–Crippen MR) is 212 cm³/mol. The van der Waals surface area contributed by atoms with Gasteiger partial charge in [0.25, 0.3) is 0 Å². The number of rotatable bonds is 40. The Bertz CT molecular complexity index is 731. The molecule has 0 aromatic carbocycles. The van der Waals surface area contributed by atoms with Crippen LogP contribution in [0.4, 0.5) is 0 Å². The van der Waals surface area contributed by atoms with Crippen molar-refractivity contribution in [2.45, 2.75) is 244 Å². The lowest BCUT2D eigenvalue weighted by Crippen LogP contribution is -2.37. The number of nitrogens with one attached hydrogen (secondary N) is 1. The second kappa shape index (κ2) is 37.6. The normalized spacial score (nSPS) is 15.1. The van der Waals surface area contributed by atoms with Crippen LogP contribution in [0, 0.1) is 0 Å². The predicted octanol–water partition coefficient (Wildman–Crippen LogP) is 12.7. The minimum absolute atomic E-state index is 0.0783. The van der Waals surface area contributed by atoms with Gasteiger partial charge in [0.15, 0.2) is 0 Å². The Morgan fingerprint density at radius 1 is 0.540 bits per heavy atom. The van der Waals surface area contributed by atoms with Gasteiger partial charge in [-0.2, -0.15) is 0 Å². The molecule has 0 aromatic rings. The summed E-state index contributed by atoms with van der Waals surface area (Å²) in [7, 11) is 0. The van der Waals surface area contributed by atoms with E-state index in [4.69, 9.17) is 14.2 Å². The van der Waals surface area contributed by atoms with Crippen molar-refractivity contribution in [1.29, 1.82) is 0 Å². The van der Waals surface area contributed by atoms with E-state index in [2.05, 4.69) is 19.2 Å². The van der Waals surface area contributed by atoms with Gasteiger partial charge < -0.3 is 19.5 Å². The number of unbranched alkanes of at least 4 members (excludes halogenated alkanes) is 30. The molecule has 6 nitrogen and oxygen atoms in total. The van der Waals surface area contributed by atoms with Crippen molar-refractivity contribution in [3.05, 3.63) is 0 Å². The smallest absolute Gasteiger partial charge is 0.328 e. The first-order valence-electron chi connectivity index (χ1n) is 22.3. The quantitative estimate of drug-likeness (QED) is 0.0507. The average molecular weight is 708 g/mol. The van der Waals surface area contributed by atoms with Gasteiger partial charge in [0.1, 0.15) is 18.8 Å². The number of hydrogen-bond acceptors (Lipinski definition) is 5. The van der Waals surface area contributed by atoms with Crippen LogP contribution in [-0.2, 0) is 23.8 Å². The second-order valence-corrected chi connectivity index (χ2v) is 15.5. The van der Waals surface area contributed by atoms with Gasteiger partial charge in [0.05, 0.1) is 6.61 Å². The van der Waals surface area contributed by atoms with Crippen LogP contribution in [0.3, 0.4) is 0 Å². The van der Waals surface area contributed by atoms with Crippen LogP contribution in [0.25, 0.3) is 0 Å². The molecule has 1 aliphatic heterocycles. The van der Waals surface area contributed by atoms with Crippen LogP contribution in [0.2, 0.25) is 0 Å². The number of esters is 1. The molecule has 0 aromatic heterocycles. The molecule has 0 aliphatic carbocycles. The van der Waals surface area contributed by atoms with Crippen LogP contribution in [-0.4, -0.2) is 50.4 Å². The average Bonchev–Trinajstić information content (AvgIpc) is 3.57. The summed E-state index contributed by atoms with van der Waals surface area (Å²) in [5.41, 5.74) is 0. The topological polar surface area (TPSA) is 73.9 Å². The zero-order valence-corrected chi connectivity index (χ0v) is 33.6. The number of hydrogen-bond donors (Lipinski definition) is 1. The van der Waals surface area contributed by atoms with E-state index in [1.165, 1.54) is 193 Å². The summed E-state index contributed by atoms with van der Waals surface area (Å²) in [4.78, 5) is 23.9. The maximum Gasteiger partial charge on any atom is 0.328 e. The molecule has 1 fully saturated rings. The highest BCUT2D eigenvalue weighted by Crippen LogP contribution is 2.16. The van der Waals surface area contributed by atoms with Crippen LogP contribution < -0.4 is 5.32 Å². The van der Waals surface area contributed by atoms with Crippen molar-refractivity contribution in [3.8, 4) is 0 Å². The summed E-state index contributed by atoms with van der Waals surface area (Å²) in [5, 5.41) is 2.70. The molecule has 0 spiro atoms. The summed E-state index contributed by atoms with van der Waals surface area (Å²) in [6.07, 6.45) is 44.0. The third-order valence-corrected chi connectivity index (χ3v) is 10.5. The van der Waals surface area contributed by atoms with Crippen LogP contribution in [0.15, 0.2) is 0 Å². The van der Waals surface area contributed by atoms with E-state index in [9.17, 15) is 9.59 Å². The monoisotopic (exact) mass is 708 g/mol. The molecule has 1 unspecified atom stereocenters. The van der Waals surface area contributed by atoms with E-state index in [-0.39, 0.29) is 24.6 Å². The van der Waals surface area contributed by atoms with Crippen molar-refractivity contribution in [2.24, 2.45) is 0 Å². The highest BCUT2D eigenvalue weighted by molar-refractivity contribution is 5.88. The number of carbonyl (C=O) groups excluding carboxylic acids is 2. The molecule has 50 heavy (non-hydrogen) atoms. The molecule has 296 valence electrons. The third-order valence-electron chi connectivity index (χ3n) is 10.5.